The van der Waals surface area contributed by atoms with Gasteiger partial charge in [-0.25, -0.2) is 9.59 Å². The number of ether oxygens (including phenoxy) is 1. The monoisotopic (exact) mass is 261 g/mol. The largest absolute Gasteiger partial charge is 0.480 e. The summed E-state index contributed by atoms with van der Waals surface area (Å²) in [5, 5.41) is 9.48. The fourth-order valence-corrected chi connectivity index (χ4v) is 1.23. The number of carboxylic acid groups (broad SMARTS) is 1. The molecular weight excluding hydrogens is 242 g/mol. The van der Waals surface area contributed by atoms with E-state index in [9.17, 15) is 14.4 Å². The minimum atomic E-state index is -1.30. The molecule has 18 heavy (non-hydrogen) atoms. The molecule has 0 aliphatic rings. The van der Waals surface area contributed by atoms with E-state index in [0.29, 0.717) is 5.06 Å². The molecule has 0 aromatic rings. The second-order valence-electron chi connectivity index (χ2n) is 5.03. The van der Waals surface area contributed by atoms with Crippen molar-refractivity contribution < 1.29 is 29.1 Å². The molecule has 0 aromatic carbocycles. The fraction of sp³-hybridized carbons (Fsp3) is 0.727. The molecule has 1 atom stereocenters. The molecule has 0 saturated heterocycles. The molecule has 0 aliphatic heterocycles. The molecule has 0 spiro atoms. The lowest BCUT2D eigenvalue weighted by molar-refractivity contribution is -0.190. The second-order valence-corrected chi connectivity index (χ2v) is 5.03. The van der Waals surface area contributed by atoms with Crippen molar-refractivity contribution >= 4 is 18.5 Å². The Morgan fingerprint density at radius 3 is 2.06 bits per heavy atom. The van der Waals surface area contributed by atoms with Crippen molar-refractivity contribution in [3.63, 3.8) is 0 Å². The minimum Gasteiger partial charge on any atom is -0.480 e. The molecule has 7 nitrogen and oxygen atoms in total. The predicted octanol–water partition coefficient (Wildman–Crippen LogP) is 1.42. The molecule has 0 saturated carbocycles. The van der Waals surface area contributed by atoms with Crippen molar-refractivity contribution in [1.82, 2.24) is 5.06 Å². The van der Waals surface area contributed by atoms with Crippen molar-refractivity contribution in [3.05, 3.63) is 0 Å². The van der Waals surface area contributed by atoms with Crippen LogP contribution in [0.3, 0.4) is 0 Å². The van der Waals surface area contributed by atoms with E-state index in [-0.39, 0.29) is 6.47 Å². The number of carboxylic acids is 1. The molecular formula is C11H19NO6. The Hall–Kier alpha value is -1.79. The smallest absolute Gasteiger partial charge is 0.444 e. The van der Waals surface area contributed by atoms with Gasteiger partial charge in [0.25, 0.3) is 0 Å². The number of amides is 1. The van der Waals surface area contributed by atoms with Crippen molar-refractivity contribution in [2.45, 2.75) is 46.3 Å². The van der Waals surface area contributed by atoms with E-state index in [1.165, 1.54) is 0 Å². The van der Waals surface area contributed by atoms with Crippen LogP contribution in [0.5, 0.6) is 0 Å². The summed E-state index contributed by atoms with van der Waals surface area (Å²) in [5.74, 6) is -1.73. The molecule has 0 aliphatic carbocycles. The van der Waals surface area contributed by atoms with Crippen molar-refractivity contribution in [1.29, 1.82) is 0 Å². The lowest BCUT2D eigenvalue weighted by Crippen LogP contribution is -2.49. The van der Waals surface area contributed by atoms with Crippen LogP contribution in [-0.2, 0) is 19.2 Å². The highest BCUT2D eigenvalue weighted by atomic mass is 16.7. The van der Waals surface area contributed by atoms with Gasteiger partial charge in [-0.3, -0.25) is 4.79 Å². The SMILES string of the molecule is CC(C)[C@@H](C(=O)O)N(OC=O)C(=O)OC(C)(C)C. The quantitative estimate of drug-likeness (QED) is 0.594. The third kappa shape index (κ3) is 5.03. The van der Waals surface area contributed by atoms with Gasteiger partial charge in [0, 0.05) is 0 Å². The Kier molecular flexibility index (Phi) is 5.61. The van der Waals surface area contributed by atoms with Gasteiger partial charge in [-0.15, -0.1) is 5.06 Å². The maximum atomic E-state index is 11.8. The van der Waals surface area contributed by atoms with Gasteiger partial charge in [-0.1, -0.05) is 13.8 Å². The molecule has 1 amide bonds. The van der Waals surface area contributed by atoms with Gasteiger partial charge in [-0.2, -0.15) is 0 Å². The van der Waals surface area contributed by atoms with Gasteiger partial charge >= 0.3 is 18.5 Å². The van der Waals surface area contributed by atoms with E-state index in [2.05, 4.69) is 4.84 Å². The molecule has 104 valence electrons. The summed E-state index contributed by atoms with van der Waals surface area (Å²) >= 11 is 0. The summed E-state index contributed by atoms with van der Waals surface area (Å²) in [6.45, 7) is 8.02. The highest BCUT2D eigenvalue weighted by Crippen LogP contribution is 2.16. The van der Waals surface area contributed by atoms with Crippen LogP contribution in [0.15, 0.2) is 0 Å². The number of hydrogen-bond donors (Lipinski definition) is 1. The zero-order valence-corrected chi connectivity index (χ0v) is 11.2. The summed E-state index contributed by atoms with van der Waals surface area (Å²) in [4.78, 5) is 37.6. The number of hydrogen-bond acceptors (Lipinski definition) is 5. The van der Waals surface area contributed by atoms with Gasteiger partial charge < -0.3 is 14.7 Å². The third-order valence-electron chi connectivity index (χ3n) is 1.87. The Morgan fingerprint density at radius 1 is 1.28 bits per heavy atom. The first-order valence-corrected chi connectivity index (χ1v) is 5.45. The zero-order chi connectivity index (χ0) is 14.5. The number of rotatable bonds is 5. The van der Waals surface area contributed by atoms with E-state index in [0.717, 1.165) is 0 Å². The van der Waals surface area contributed by atoms with E-state index in [4.69, 9.17) is 9.84 Å². The summed E-state index contributed by atoms with van der Waals surface area (Å²) in [5.41, 5.74) is -0.818. The Bertz CT molecular complexity index is 320. The maximum absolute atomic E-state index is 11.8. The first-order valence-electron chi connectivity index (χ1n) is 5.45. The fourth-order valence-electron chi connectivity index (χ4n) is 1.23. The molecule has 0 radical (unpaired) electrons. The summed E-state index contributed by atoms with van der Waals surface area (Å²) in [6.07, 6.45) is -1.02. The zero-order valence-electron chi connectivity index (χ0n) is 11.2. The molecule has 0 heterocycles. The second kappa shape index (κ2) is 6.23. The molecule has 7 heteroatoms. The van der Waals surface area contributed by atoms with E-state index >= 15 is 0 Å². The highest BCUT2D eigenvalue weighted by molar-refractivity contribution is 5.80. The lowest BCUT2D eigenvalue weighted by atomic mass is 10.0. The van der Waals surface area contributed by atoms with Crippen LogP contribution in [0.4, 0.5) is 4.79 Å². The third-order valence-corrected chi connectivity index (χ3v) is 1.87. The first kappa shape index (κ1) is 16.2. The normalized spacial score (nSPS) is 12.8. The summed E-state index contributed by atoms with van der Waals surface area (Å²) < 4.78 is 4.97. The lowest BCUT2D eigenvalue weighted by Gasteiger charge is -2.30. The van der Waals surface area contributed by atoms with Gasteiger partial charge in [0.1, 0.15) is 5.60 Å². The van der Waals surface area contributed by atoms with Gasteiger partial charge in [0.15, 0.2) is 6.04 Å². The average molecular weight is 261 g/mol. The van der Waals surface area contributed by atoms with Crippen molar-refractivity contribution in [2.75, 3.05) is 0 Å². The average Bonchev–Trinajstić information content (AvgIpc) is 2.12. The summed E-state index contributed by atoms with van der Waals surface area (Å²) in [6, 6.07) is -1.30. The van der Waals surface area contributed by atoms with Gasteiger partial charge in [0.2, 0.25) is 0 Å². The molecule has 0 fully saturated rings. The number of aliphatic carboxylic acids is 1. The van der Waals surface area contributed by atoms with Crippen LogP contribution in [-0.4, -0.2) is 40.3 Å². The Labute approximate surface area is 106 Å². The summed E-state index contributed by atoms with van der Waals surface area (Å²) in [7, 11) is 0. The molecule has 1 N–H and O–H groups in total. The van der Waals surface area contributed by atoms with Crippen LogP contribution in [0.2, 0.25) is 0 Å². The van der Waals surface area contributed by atoms with E-state index in [1.807, 2.05) is 0 Å². The highest BCUT2D eigenvalue weighted by Gasteiger charge is 2.37. The van der Waals surface area contributed by atoms with Crippen LogP contribution < -0.4 is 0 Å². The van der Waals surface area contributed by atoms with E-state index < -0.39 is 29.6 Å². The van der Waals surface area contributed by atoms with Gasteiger partial charge in [-0.05, 0) is 26.7 Å². The molecule has 0 aromatic heterocycles. The number of carbonyl (C=O) groups is 3. The molecule has 0 rings (SSSR count). The molecule has 0 unspecified atom stereocenters. The number of hydroxylamine groups is 2. The Morgan fingerprint density at radius 2 is 1.78 bits per heavy atom. The van der Waals surface area contributed by atoms with Crippen molar-refractivity contribution in [2.24, 2.45) is 5.92 Å². The number of carbonyl (C=O) groups excluding carboxylic acids is 2. The van der Waals surface area contributed by atoms with Crippen LogP contribution >= 0.6 is 0 Å². The predicted molar refractivity (Wildman–Crippen MR) is 61.5 cm³/mol. The van der Waals surface area contributed by atoms with Crippen LogP contribution in [0.25, 0.3) is 0 Å². The van der Waals surface area contributed by atoms with Crippen LogP contribution in [0.1, 0.15) is 34.6 Å². The molecule has 0 bridgehead atoms. The van der Waals surface area contributed by atoms with Gasteiger partial charge in [0.05, 0.1) is 0 Å². The van der Waals surface area contributed by atoms with E-state index in [1.54, 1.807) is 34.6 Å². The maximum Gasteiger partial charge on any atom is 0.444 e. The standard InChI is InChI=1S/C11H19NO6/c1-7(2)8(9(14)15)12(17-6-13)10(16)18-11(3,4)5/h6-8H,1-5H3,(H,14,15)/t8-/m0/s1. The van der Waals surface area contributed by atoms with Crippen LogP contribution in [0, 0.1) is 5.92 Å². The minimum absolute atomic E-state index is 0.0117. The number of nitrogens with zero attached hydrogens (tertiary/aromatic N) is 1. The topological polar surface area (TPSA) is 93.1 Å². The van der Waals surface area contributed by atoms with Crippen molar-refractivity contribution in [3.8, 4) is 0 Å². The Balaban J connectivity index is 5.09. The first-order chi connectivity index (χ1) is 8.10.